The Morgan fingerprint density at radius 3 is 2.95 bits per heavy atom. The van der Waals surface area contributed by atoms with Crippen molar-refractivity contribution in [2.24, 2.45) is 16.6 Å². The second-order valence-corrected chi connectivity index (χ2v) is 5.23. The molecule has 116 valence electrons. The highest BCUT2D eigenvalue weighted by Crippen LogP contribution is 2.21. The summed E-state index contributed by atoms with van der Waals surface area (Å²) in [5, 5.41) is 2.62. The number of rotatable bonds is 6. The molecule has 0 aromatic carbocycles. The number of hydrogen-bond acceptors (Lipinski definition) is 5. The van der Waals surface area contributed by atoms with Crippen LogP contribution < -0.4 is 11.1 Å². The Morgan fingerprint density at radius 1 is 1.55 bits per heavy atom. The van der Waals surface area contributed by atoms with Crippen molar-refractivity contribution in [3.05, 3.63) is 35.6 Å². The molecule has 7 heteroatoms. The van der Waals surface area contributed by atoms with Crippen molar-refractivity contribution in [3.8, 4) is 0 Å². The van der Waals surface area contributed by atoms with E-state index in [-0.39, 0.29) is 24.0 Å². The third-order valence-corrected chi connectivity index (χ3v) is 3.50. The highest BCUT2D eigenvalue weighted by molar-refractivity contribution is 7.80. The van der Waals surface area contributed by atoms with Crippen LogP contribution in [-0.2, 0) is 14.3 Å². The standard InChI is InChI=1S/C15H17N3O3S/c1-2-21-15(20)10(13(16)22)8-17-14(19)12-7-9-5-3-4-6-11(9)18-12/h3-5,7,10H,2,6,8H2,1H3,(H2,16,22)(H,17,19). The molecule has 2 rings (SSSR count). The predicted octanol–water partition coefficient (Wildman–Crippen LogP) is 0.793. The van der Waals surface area contributed by atoms with Crippen molar-refractivity contribution in [1.29, 1.82) is 0 Å². The number of allylic oxidation sites excluding steroid dienone is 5. The van der Waals surface area contributed by atoms with Crippen molar-refractivity contribution < 1.29 is 14.3 Å². The van der Waals surface area contributed by atoms with Gasteiger partial charge in [-0.05, 0) is 18.6 Å². The van der Waals surface area contributed by atoms with Crippen LogP contribution >= 0.6 is 12.2 Å². The van der Waals surface area contributed by atoms with Gasteiger partial charge in [-0.1, -0.05) is 30.4 Å². The van der Waals surface area contributed by atoms with E-state index in [1.54, 1.807) is 13.0 Å². The highest BCUT2D eigenvalue weighted by Gasteiger charge is 2.25. The summed E-state index contributed by atoms with van der Waals surface area (Å²) in [6.07, 6.45) is 8.22. The van der Waals surface area contributed by atoms with E-state index in [2.05, 4.69) is 10.3 Å². The second kappa shape index (κ2) is 7.13. The van der Waals surface area contributed by atoms with Crippen LogP contribution in [0.2, 0.25) is 0 Å². The molecule has 0 spiro atoms. The summed E-state index contributed by atoms with van der Waals surface area (Å²) in [4.78, 5) is 28.1. The minimum absolute atomic E-state index is 0.00745. The van der Waals surface area contributed by atoms with Gasteiger partial charge in [0.2, 0.25) is 0 Å². The molecule has 0 saturated carbocycles. The molecule has 22 heavy (non-hydrogen) atoms. The fourth-order valence-corrected chi connectivity index (χ4v) is 2.26. The Kier molecular flexibility index (Phi) is 5.21. The van der Waals surface area contributed by atoms with Crippen LogP contribution in [0.3, 0.4) is 0 Å². The summed E-state index contributed by atoms with van der Waals surface area (Å²) in [6.45, 7) is 1.91. The Hall–Kier alpha value is -2.28. The summed E-state index contributed by atoms with van der Waals surface area (Å²) in [6, 6.07) is 0. The smallest absolute Gasteiger partial charge is 0.317 e. The van der Waals surface area contributed by atoms with Crippen LogP contribution in [-0.4, -0.2) is 35.7 Å². The van der Waals surface area contributed by atoms with E-state index < -0.39 is 11.9 Å². The Labute approximate surface area is 133 Å². The third-order valence-electron chi connectivity index (χ3n) is 3.22. The molecule has 0 saturated heterocycles. The van der Waals surface area contributed by atoms with E-state index in [1.165, 1.54) is 0 Å². The van der Waals surface area contributed by atoms with Gasteiger partial charge in [0.05, 0.1) is 17.3 Å². The first-order valence-electron chi connectivity index (χ1n) is 6.93. The lowest BCUT2D eigenvalue weighted by atomic mass is 10.0. The molecule has 0 aromatic heterocycles. The molecule has 3 N–H and O–H groups in total. The molecule has 0 fully saturated rings. The quantitative estimate of drug-likeness (QED) is 0.558. The van der Waals surface area contributed by atoms with Crippen LogP contribution in [0.25, 0.3) is 0 Å². The van der Waals surface area contributed by atoms with Gasteiger partial charge >= 0.3 is 5.97 Å². The first kappa shape index (κ1) is 16.1. The number of nitrogens with zero attached hydrogens (tertiary/aromatic N) is 1. The van der Waals surface area contributed by atoms with Gasteiger partial charge in [0.1, 0.15) is 11.6 Å². The number of aliphatic imine (C=N–C) groups is 1. The molecule has 1 aliphatic heterocycles. The topological polar surface area (TPSA) is 93.8 Å². The molecule has 6 nitrogen and oxygen atoms in total. The number of nitrogens with one attached hydrogen (secondary N) is 1. The van der Waals surface area contributed by atoms with Crippen molar-refractivity contribution in [3.63, 3.8) is 0 Å². The third kappa shape index (κ3) is 3.67. The van der Waals surface area contributed by atoms with Crippen molar-refractivity contribution in [1.82, 2.24) is 5.32 Å². The maximum absolute atomic E-state index is 12.1. The maximum Gasteiger partial charge on any atom is 0.317 e. The number of hydrogen-bond donors (Lipinski definition) is 2. The monoisotopic (exact) mass is 319 g/mol. The minimum Gasteiger partial charge on any atom is -0.465 e. The molecule has 1 unspecified atom stereocenters. The second-order valence-electron chi connectivity index (χ2n) is 4.76. The minimum atomic E-state index is -0.836. The number of ether oxygens (including phenoxy) is 1. The molecular weight excluding hydrogens is 302 g/mol. The average molecular weight is 319 g/mol. The lowest BCUT2D eigenvalue weighted by Gasteiger charge is -2.14. The predicted molar refractivity (Wildman–Crippen MR) is 87.3 cm³/mol. The Balaban J connectivity index is 1.96. The van der Waals surface area contributed by atoms with E-state index in [4.69, 9.17) is 22.7 Å². The zero-order valence-corrected chi connectivity index (χ0v) is 13.0. The lowest BCUT2D eigenvalue weighted by Crippen LogP contribution is -2.40. The molecule has 0 bridgehead atoms. The van der Waals surface area contributed by atoms with Gasteiger partial charge in [-0.15, -0.1) is 0 Å². The number of fused-ring (bicyclic) bond motifs is 1. The summed E-state index contributed by atoms with van der Waals surface area (Å²) in [5.74, 6) is -1.74. The van der Waals surface area contributed by atoms with Gasteiger partial charge in [0.25, 0.3) is 5.91 Å². The van der Waals surface area contributed by atoms with E-state index >= 15 is 0 Å². The molecule has 1 amide bonds. The van der Waals surface area contributed by atoms with Crippen LogP contribution in [0, 0.1) is 5.92 Å². The number of carbonyl (C=O) groups excluding carboxylic acids is 2. The van der Waals surface area contributed by atoms with Gasteiger partial charge in [-0.2, -0.15) is 0 Å². The molecule has 2 aliphatic rings. The normalized spacial score (nSPS) is 16.9. The molecule has 1 aliphatic carbocycles. The number of thiocarbonyl (C=S) groups is 1. The Bertz CT molecular complexity index is 632. The summed E-state index contributed by atoms with van der Waals surface area (Å²) >= 11 is 4.84. The zero-order valence-electron chi connectivity index (χ0n) is 12.2. The fraction of sp³-hybridized carbons (Fsp3) is 0.333. The largest absolute Gasteiger partial charge is 0.465 e. The van der Waals surface area contributed by atoms with Gasteiger partial charge < -0.3 is 15.8 Å². The lowest BCUT2D eigenvalue weighted by molar-refractivity contribution is -0.145. The number of esters is 1. The van der Waals surface area contributed by atoms with E-state index in [9.17, 15) is 9.59 Å². The van der Waals surface area contributed by atoms with Crippen molar-refractivity contribution in [2.75, 3.05) is 13.2 Å². The molecular formula is C15H17N3O3S. The molecule has 0 radical (unpaired) electrons. The van der Waals surface area contributed by atoms with Crippen LogP contribution in [0.5, 0.6) is 0 Å². The SMILES string of the molecule is CCOC(=O)C(CNC(=O)C1=CC2=CC=CCC2=N1)C(N)=S. The molecule has 0 aromatic rings. The van der Waals surface area contributed by atoms with E-state index in [1.807, 2.05) is 18.2 Å². The fourth-order valence-electron chi connectivity index (χ4n) is 2.08. The Morgan fingerprint density at radius 2 is 2.32 bits per heavy atom. The average Bonchev–Trinajstić information content (AvgIpc) is 2.91. The highest BCUT2D eigenvalue weighted by atomic mass is 32.1. The van der Waals surface area contributed by atoms with Gasteiger partial charge in [-0.3, -0.25) is 9.59 Å². The summed E-state index contributed by atoms with van der Waals surface area (Å²) < 4.78 is 4.88. The summed E-state index contributed by atoms with van der Waals surface area (Å²) in [7, 11) is 0. The molecule has 1 heterocycles. The van der Waals surface area contributed by atoms with Crippen molar-refractivity contribution >= 4 is 34.8 Å². The van der Waals surface area contributed by atoms with E-state index in [0.717, 1.165) is 11.3 Å². The first-order valence-corrected chi connectivity index (χ1v) is 7.34. The van der Waals surface area contributed by atoms with Crippen molar-refractivity contribution in [2.45, 2.75) is 13.3 Å². The van der Waals surface area contributed by atoms with Crippen LogP contribution in [0.4, 0.5) is 0 Å². The van der Waals surface area contributed by atoms with Gasteiger partial charge in [-0.25, -0.2) is 4.99 Å². The van der Waals surface area contributed by atoms with Gasteiger partial charge in [0.15, 0.2) is 0 Å². The van der Waals surface area contributed by atoms with Crippen LogP contribution in [0.15, 0.2) is 40.6 Å². The van der Waals surface area contributed by atoms with Crippen LogP contribution in [0.1, 0.15) is 13.3 Å². The number of carbonyl (C=O) groups is 2. The molecule has 1 atom stereocenters. The number of amides is 1. The zero-order chi connectivity index (χ0) is 16.1. The summed E-state index contributed by atoms with van der Waals surface area (Å²) in [5.41, 5.74) is 7.64. The first-order chi connectivity index (χ1) is 10.5. The van der Waals surface area contributed by atoms with E-state index in [0.29, 0.717) is 12.1 Å². The van der Waals surface area contributed by atoms with Gasteiger partial charge in [0, 0.05) is 13.0 Å². The number of nitrogens with two attached hydrogens (primary N) is 1. The maximum atomic E-state index is 12.1.